The molecule has 5 nitrogen and oxygen atoms in total. The first-order valence-electron chi connectivity index (χ1n) is 5.50. The second-order valence-electron chi connectivity index (χ2n) is 3.67. The molecule has 0 aromatic heterocycles. The van der Waals surface area contributed by atoms with Gasteiger partial charge in [0.25, 0.3) is 12.1 Å². The number of rotatable bonds is 8. The highest BCUT2D eigenvalue weighted by Gasteiger charge is 2.13. The molecule has 0 radical (unpaired) electrons. The summed E-state index contributed by atoms with van der Waals surface area (Å²) >= 11 is 5.76. The summed E-state index contributed by atoms with van der Waals surface area (Å²) in [5, 5.41) is 14.0. The number of hydrogen-bond donors (Lipinski definition) is 1. The average Bonchev–Trinajstić information content (AvgIpc) is 2.33. The summed E-state index contributed by atoms with van der Waals surface area (Å²) in [6.45, 7) is 0.0307. The molecule has 19 heavy (non-hydrogen) atoms. The van der Waals surface area contributed by atoms with Gasteiger partial charge < -0.3 is 10.1 Å². The van der Waals surface area contributed by atoms with Crippen molar-refractivity contribution in [1.82, 2.24) is 5.32 Å². The van der Waals surface area contributed by atoms with Crippen LogP contribution in [0.15, 0.2) is 18.2 Å². The van der Waals surface area contributed by atoms with Crippen LogP contribution >= 0.6 is 11.6 Å². The van der Waals surface area contributed by atoms with Gasteiger partial charge in [-0.25, -0.2) is 8.78 Å². The van der Waals surface area contributed by atoms with Crippen LogP contribution in [0.1, 0.15) is 5.56 Å². The third-order valence-electron chi connectivity index (χ3n) is 2.22. The first-order valence-corrected chi connectivity index (χ1v) is 5.88. The Hall–Kier alpha value is -1.31. The highest BCUT2D eigenvalue weighted by molar-refractivity contribution is 6.30. The van der Waals surface area contributed by atoms with E-state index in [9.17, 15) is 18.9 Å². The quantitative estimate of drug-likeness (QED) is 0.455. The molecule has 8 heteroatoms. The zero-order valence-corrected chi connectivity index (χ0v) is 10.7. The molecule has 1 aromatic rings. The standard InChI is InChI=1S/C11H13ClF2N2O3/c12-9-1-2-10(16(17)18)8(5-9)6-15-3-4-19-7-11(13)14/h1-2,5,11,15H,3-4,6-7H2. The van der Waals surface area contributed by atoms with Crippen LogP contribution in [0.4, 0.5) is 14.5 Å². The first kappa shape index (κ1) is 15.7. The Bertz CT molecular complexity index is 432. The fourth-order valence-corrected chi connectivity index (χ4v) is 1.61. The van der Waals surface area contributed by atoms with Gasteiger partial charge in [-0.3, -0.25) is 10.1 Å². The number of benzene rings is 1. The van der Waals surface area contributed by atoms with Crippen LogP contribution in [0.25, 0.3) is 0 Å². The van der Waals surface area contributed by atoms with Crippen molar-refractivity contribution in [2.24, 2.45) is 0 Å². The van der Waals surface area contributed by atoms with Crippen molar-refractivity contribution in [3.8, 4) is 0 Å². The van der Waals surface area contributed by atoms with Crippen LogP contribution < -0.4 is 5.32 Å². The van der Waals surface area contributed by atoms with Crippen molar-refractivity contribution < 1.29 is 18.4 Å². The van der Waals surface area contributed by atoms with Crippen molar-refractivity contribution in [3.05, 3.63) is 38.9 Å². The van der Waals surface area contributed by atoms with Crippen molar-refractivity contribution in [2.45, 2.75) is 13.0 Å². The molecule has 1 N–H and O–H groups in total. The Morgan fingerprint density at radius 2 is 2.21 bits per heavy atom. The second-order valence-corrected chi connectivity index (χ2v) is 4.11. The van der Waals surface area contributed by atoms with E-state index in [-0.39, 0.29) is 18.8 Å². The SMILES string of the molecule is O=[N+]([O-])c1ccc(Cl)cc1CNCCOCC(F)F. The maximum Gasteiger partial charge on any atom is 0.273 e. The molecule has 0 aliphatic heterocycles. The lowest BCUT2D eigenvalue weighted by molar-refractivity contribution is -0.385. The van der Waals surface area contributed by atoms with Crippen LogP contribution in [0.5, 0.6) is 0 Å². The lowest BCUT2D eigenvalue weighted by atomic mass is 10.2. The Kier molecular flexibility index (Phi) is 6.61. The Labute approximate surface area is 113 Å². The van der Waals surface area contributed by atoms with E-state index in [1.54, 1.807) is 0 Å². The topological polar surface area (TPSA) is 64.4 Å². The molecule has 0 fully saturated rings. The highest BCUT2D eigenvalue weighted by atomic mass is 35.5. The van der Waals surface area contributed by atoms with E-state index in [4.69, 9.17) is 11.6 Å². The third-order valence-corrected chi connectivity index (χ3v) is 2.46. The second kappa shape index (κ2) is 7.98. The number of halogens is 3. The molecule has 0 atom stereocenters. The van der Waals surface area contributed by atoms with Crippen LogP contribution in [0, 0.1) is 10.1 Å². The predicted octanol–water partition coefficient (Wildman–Crippen LogP) is 2.62. The zero-order chi connectivity index (χ0) is 14.3. The molecule has 0 spiro atoms. The van der Waals surface area contributed by atoms with Gasteiger partial charge >= 0.3 is 0 Å². The maximum absolute atomic E-state index is 11.8. The fraction of sp³-hybridized carbons (Fsp3) is 0.455. The monoisotopic (exact) mass is 294 g/mol. The molecular formula is C11H13ClF2N2O3. The van der Waals surface area contributed by atoms with E-state index in [0.29, 0.717) is 17.1 Å². The van der Waals surface area contributed by atoms with Gasteiger partial charge in [-0.15, -0.1) is 0 Å². The molecule has 1 aromatic carbocycles. The summed E-state index contributed by atoms with van der Waals surface area (Å²) in [6.07, 6.45) is -2.49. The summed E-state index contributed by atoms with van der Waals surface area (Å²) in [5.74, 6) is 0. The van der Waals surface area contributed by atoms with Gasteiger partial charge in [0.2, 0.25) is 0 Å². The predicted molar refractivity (Wildman–Crippen MR) is 66.6 cm³/mol. The molecule has 106 valence electrons. The summed E-state index contributed by atoms with van der Waals surface area (Å²) in [4.78, 5) is 10.3. The molecule has 0 saturated heterocycles. The zero-order valence-electron chi connectivity index (χ0n) is 9.94. The number of nitro groups is 1. The maximum atomic E-state index is 11.8. The summed E-state index contributed by atoms with van der Waals surface area (Å²) in [5.41, 5.74) is 0.400. The van der Waals surface area contributed by atoms with E-state index >= 15 is 0 Å². The van der Waals surface area contributed by atoms with Gasteiger partial charge in [-0.2, -0.15) is 0 Å². The number of nitrogens with one attached hydrogen (secondary N) is 1. The van der Waals surface area contributed by atoms with Crippen molar-refractivity contribution in [3.63, 3.8) is 0 Å². The lowest BCUT2D eigenvalue weighted by Gasteiger charge is -2.07. The molecule has 0 amide bonds. The number of alkyl halides is 2. The van der Waals surface area contributed by atoms with Gasteiger partial charge in [0.05, 0.1) is 11.5 Å². The molecule has 0 unspecified atom stereocenters. The fourth-order valence-electron chi connectivity index (χ4n) is 1.41. The highest BCUT2D eigenvalue weighted by Crippen LogP contribution is 2.22. The smallest absolute Gasteiger partial charge is 0.273 e. The van der Waals surface area contributed by atoms with Gasteiger partial charge in [-0.1, -0.05) is 11.6 Å². The van der Waals surface area contributed by atoms with Crippen LogP contribution in [0.2, 0.25) is 5.02 Å². The third kappa shape index (κ3) is 5.91. The van der Waals surface area contributed by atoms with Gasteiger partial charge in [0.15, 0.2) is 0 Å². The molecule has 0 aliphatic rings. The Morgan fingerprint density at radius 3 is 2.84 bits per heavy atom. The minimum Gasteiger partial charge on any atom is -0.374 e. The number of hydrogen-bond acceptors (Lipinski definition) is 4. The van der Waals surface area contributed by atoms with Crippen LogP contribution in [0.3, 0.4) is 0 Å². The molecule has 0 saturated carbocycles. The lowest BCUT2D eigenvalue weighted by Crippen LogP contribution is -2.21. The van der Waals surface area contributed by atoms with Crippen LogP contribution in [-0.4, -0.2) is 31.1 Å². The van der Waals surface area contributed by atoms with E-state index < -0.39 is 18.0 Å². The van der Waals surface area contributed by atoms with Gasteiger partial charge in [-0.05, 0) is 12.1 Å². The van der Waals surface area contributed by atoms with Gasteiger partial charge in [0.1, 0.15) is 6.61 Å². The normalized spacial score (nSPS) is 10.9. The molecule has 1 rings (SSSR count). The Morgan fingerprint density at radius 1 is 1.47 bits per heavy atom. The number of nitro benzene ring substituents is 1. The summed E-state index contributed by atoms with van der Waals surface area (Å²) in [6, 6.07) is 4.26. The molecule has 0 heterocycles. The summed E-state index contributed by atoms with van der Waals surface area (Å²) < 4.78 is 28.2. The van der Waals surface area contributed by atoms with Crippen LogP contribution in [-0.2, 0) is 11.3 Å². The van der Waals surface area contributed by atoms with E-state index in [1.165, 1.54) is 18.2 Å². The molecule has 0 bridgehead atoms. The van der Waals surface area contributed by atoms with Gasteiger partial charge in [0, 0.05) is 29.7 Å². The van der Waals surface area contributed by atoms with Crippen molar-refractivity contribution in [2.75, 3.05) is 19.8 Å². The minimum absolute atomic E-state index is 0.0367. The largest absolute Gasteiger partial charge is 0.374 e. The number of ether oxygens (including phenoxy) is 1. The Balaban J connectivity index is 2.40. The van der Waals surface area contributed by atoms with E-state index in [0.717, 1.165) is 0 Å². The van der Waals surface area contributed by atoms with E-state index in [2.05, 4.69) is 10.1 Å². The van der Waals surface area contributed by atoms with Crippen molar-refractivity contribution >= 4 is 17.3 Å². The average molecular weight is 295 g/mol. The summed E-state index contributed by atoms with van der Waals surface area (Å²) in [7, 11) is 0. The number of nitrogens with zero attached hydrogens (tertiary/aromatic N) is 1. The minimum atomic E-state index is -2.49. The first-order chi connectivity index (χ1) is 9.00. The van der Waals surface area contributed by atoms with Crippen molar-refractivity contribution in [1.29, 1.82) is 0 Å². The molecule has 0 aliphatic carbocycles. The van der Waals surface area contributed by atoms with E-state index in [1.807, 2.05) is 0 Å². The molecular weight excluding hydrogens is 282 g/mol.